The number of amides is 1. The smallest absolute Gasteiger partial charge is 0.238 e. The topological polar surface area (TPSA) is 105 Å². The lowest BCUT2D eigenvalue weighted by atomic mass is 9.93. The summed E-state index contributed by atoms with van der Waals surface area (Å²) in [4.78, 5) is 14.5. The molecule has 1 amide bonds. The van der Waals surface area contributed by atoms with Gasteiger partial charge in [-0.3, -0.25) is 4.79 Å². The fourth-order valence-electron chi connectivity index (χ4n) is 3.39. The minimum Gasteiger partial charge on any atom is -0.356 e. The second-order valence-corrected chi connectivity index (χ2v) is 8.78. The average Bonchev–Trinajstić information content (AvgIpc) is 2.65. The molecule has 1 aromatic carbocycles. The molecule has 1 saturated heterocycles. The van der Waals surface area contributed by atoms with Gasteiger partial charge in [-0.05, 0) is 76.0 Å². The molecule has 1 aliphatic rings. The van der Waals surface area contributed by atoms with Crippen molar-refractivity contribution in [1.29, 1.82) is 0 Å². The number of benzene rings is 1. The third-order valence-corrected chi connectivity index (χ3v) is 6.08. The molecule has 1 heterocycles. The van der Waals surface area contributed by atoms with Crippen molar-refractivity contribution < 1.29 is 13.2 Å². The van der Waals surface area contributed by atoms with Gasteiger partial charge in [0.05, 0.1) is 4.90 Å². The summed E-state index contributed by atoms with van der Waals surface area (Å²) in [6.45, 7) is 4.60. The summed E-state index contributed by atoms with van der Waals surface area (Å²) in [7, 11) is -1.66. The Morgan fingerprint density at radius 3 is 2.44 bits per heavy atom. The number of hydrogen-bond acceptors (Lipinski definition) is 5. The number of likely N-dealkylation sites (tertiary alicyclic amines) is 1. The van der Waals surface area contributed by atoms with E-state index in [1.807, 2.05) is 7.05 Å². The number of carbonyl (C=O) groups is 1. The highest BCUT2D eigenvalue weighted by molar-refractivity contribution is 7.89. The van der Waals surface area contributed by atoms with Crippen LogP contribution in [0.15, 0.2) is 29.2 Å². The van der Waals surface area contributed by atoms with E-state index in [0.717, 1.165) is 37.7 Å². The van der Waals surface area contributed by atoms with E-state index in [-0.39, 0.29) is 10.8 Å². The number of carbonyl (C=O) groups excluding carboxylic acids is 1. The average molecular weight is 397 g/mol. The van der Waals surface area contributed by atoms with Crippen LogP contribution in [0.4, 0.5) is 0 Å². The molecule has 8 heteroatoms. The molecular formula is C19H32N4O3S. The summed E-state index contributed by atoms with van der Waals surface area (Å²) < 4.78 is 22.5. The number of nitrogens with two attached hydrogens (primary N) is 1. The molecule has 0 spiro atoms. The zero-order valence-electron chi connectivity index (χ0n) is 16.1. The van der Waals surface area contributed by atoms with Gasteiger partial charge >= 0.3 is 0 Å². The zero-order valence-corrected chi connectivity index (χ0v) is 16.9. The van der Waals surface area contributed by atoms with E-state index >= 15 is 0 Å². The Morgan fingerprint density at radius 2 is 1.85 bits per heavy atom. The molecule has 1 fully saturated rings. The van der Waals surface area contributed by atoms with E-state index < -0.39 is 10.0 Å². The van der Waals surface area contributed by atoms with E-state index in [1.165, 1.54) is 31.4 Å². The summed E-state index contributed by atoms with van der Waals surface area (Å²) in [6.07, 6.45) is 4.86. The van der Waals surface area contributed by atoms with Gasteiger partial charge in [0, 0.05) is 19.5 Å². The maximum Gasteiger partial charge on any atom is 0.238 e. The lowest BCUT2D eigenvalue weighted by molar-refractivity contribution is -0.121. The first-order chi connectivity index (χ1) is 12.9. The van der Waals surface area contributed by atoms with Crippen LogP contribution in [0, 0.1) is 5.92 Å². The van der Waals surface area contributed by atoms with Gasteiger partial charge in [-0.1, -0.05) is 12.1 Å². The molecule has 0 radical (unpaired) electrons. The molecule has 0 atom stereocenters. The van der Waals surface area contributed by atoms with Crippen molar-refractivity contribution in [3.63, 3.8) is 0 Å². The molecule has 0 bridgehead atoms. The van der Waals surface area contributed by atoms with E-state index in [2.05, 4.69) is 15.5 Å². The van der Waals surface area contributed by atoms with Gasteiger partial charge in [-0.25, -0.2) is 13.6 Å². The highest BCUT2D eigenvalue weighted by atomic mass is 32.2. The number of nitrogens with one attached hydrogen (secondary N) is 2. The molecule has 0 unspecified atom stereocenters. The van der Waals surface area contributed by atoms with E-state index in [4.69, 9.17) is 5.14 Å². The second-order valence-electron chi connectivity index (χ2n) is 7.22. The Morgan fingerprint density at radius 1 is 1.19 bits per heavy atom. The van der Waals surface area contributed by atoms with Crippen LogP contribution < -0.4 is 15.8 Å². The molecule has 27 heavy (non-hydrogen) atoms. The van der Waals surface area contributed by atoms with Crippen LogP contribution in [0.25, 0.3) is 0 Å². The Hall–Kier alpha value is -1.48. The van der Waals surface area contributed by atoms with Crippen LogP contribution in [-0.2, 0) is 21.2 Å². The van der Waals surface area contributed by atoms with Crippen LogP contribution in [0.3, 0.4) is 0 Å². The van der Waals surface area contributed by atoms with E-state index in [0.29, 0.717) is 19.4 Å². The van der Waals surface area contributed by atoms with Crippen molar-refractivity contribution in [1.82, 2.24) is 15.5 Å². The van der Waals surface area contributed by atoms with Crippen LogP contribution in [0.2, 0.25) is 0 Å². The molecule has 0 saturated carbocycles. The normalized spacial score (nSPS) is 16.4. The molecule has 1 aliphatic heterocycles. The third-order valence-electron chi connectivity index (χ3n) is 5.15. The van der Waals surface area contributed by atoms with Crippen molar-refractivity contribution in [2.24, 2.45) is 11.1 Å². The zero-order chi connectivity index (χ0) is 19.7. The predicted octanol–water partition coefficient (Wildman–Crippen LogP) is 0.704. The van der Waals surface area contributed by atoms with Crippen molar-refractivity contribution in [2.45, 2.75) is 37.0 Å². The van der Waals surface area contributed by atoms with Crippen molar-refractivity contribution in [3.05, 3.63) is 29.8 Å². The number of rotatable bonds is 10. The lowest BCUT2D eigenvalue weighted by Gasteiger charge is -2.31. The Bertz CT molecular complexity index is 683. The fourth-order valence-corrected chi connectivity index (χ4v) is 3.90. The van der Waals surface area contributed by atoms with Crippen LogP contribution in [0.5, 0.6) is 0 Å². The monoisotopic (exact) mass is 396 g/mol. The van der Waals surface area contributed by atoms with Crippen LogP contribution >= 0.6 is 0 Å². The number of primary sulfonamides is 1. The molecule has 7 nitrogen and oxygen atoms in total. The lowest BCUT2D eigenvalue weighted by Crippen LogP contribution is -2.37. The minimum atomic E-state index is -3.66. The van der Waals surface area contributed by atoms with Crippen LogP contribution in [-0.4, -0.2) is 59.0 Å². The summed E-state index contributed by atoms with van der Waals surface area (Å²) >= 11 is 0. The number of hydrogen-bond donors (Lipinski definition) is 3. The highest BCUT2D eigenvalue weighted by Gasteiger charge is 2.19. The SMILES string of the molecule is CNCCC1CCN(CCC(=O)NCCc2ccc(S(N)(=O)=O)cc2)CC1. The maximum absolute atomic E-state index is 12.0. The fraction of sp³-hybridized carbons (Fsp3) is 0.632. The summed E-state index contributed by atoms with van der Waals surface area (Å²) in [5.74, 6) is 0.872. The standard InChI is InChI=1S/C19H32N4O3S/c1-21-11-6-17-8-13-23(14-9-17)15-10-19(24)22-12-7-16-2-4-18(5-3-16)27(20,25)26/h2-5,17,21H,6-15H2,1H3,(H,22,24)(H2,20,25,26). The first-order valence-electron chi connectivity index (χ1n) is 9.64. The van der Waals surface area contributed by atoms with Crippen molar-refractivity contribution in [2.75, 3.05) is 39.8 Å². The quantitative estimate of drug-likeness (QED) is 0.540. The summed E-state index contributed by atoms with van der Waals surface area (Å²) in [6, 6.07) is 6.44. The molecule has 0 aliphatic carbocycles. The van der Waals surface area contributed by atoms with Gasteiger partial charge in [0.25, 0.3) is 0 Å². The molecular weight excluding hydrogens is 364 g/mol. The molecule has 152 valence electrons. The molecule has 2 rings (SSSR count). The van der Waals surface area contributed by atoms with Gasteiger partial charge in [-0.2, -0.15) is 0 Å². The number of piperidine rings is 1. The van der Waals surface area contributed by atoms with Gasteiger partial charge in [0.2, 0.25) is 15.9 Å². The van der Waals surface area contributed by atoms with Gasteiger partial charge < -0.3 is 15.5 Å². The third kappa shape index (κ3) is 7.96. The van der Waals surface area contributed by atoms with E-state index in [9.17, 15) is 13.2 Å². The predicted molar refractivity (Wildman–Crippen MR) is 107 cm³/mol. The van der Waals surface area contributed by atoms with Gasteiger partial charge in [0.1, 0.15) is 0 Å². The van der Waals surface area contributed by atoms with Crippen LogP contribution in [0.1, 0.15) is 31.2 Å². The first kappa shape index (κ1) is 21.8. The van der Waals surface area contributed by atoms with Gasteiger partial charge in [-0.15, -0.1) is 0 Å². The Balaban J connectivity index is 1.60. The number of nitrogens with zero attached hydrogens (tertiary/aromatic N) is 1. The van der Waals surface area contributed by atoms with Crippen molar-refractivity contribution >= 4 is 15.9 Å². The largest absolute Gasteiger partial charge is 0.356 e. The number of sulfonamides is 1. The Kier molecular flexibility index (Phi) is 8.69. The van der Waals surface area contributed by atoms with Crippen molar-refractivity contribution in [3.8, 4) is 0 Å². The van der Waals surface area contributed by atoms with E-state index in [1.54, 1.807) is 12.1 Å². The molecule has 1 aromatic rings. The summed E-state index contributed by atoms with van der Waals surface area (Å²) in [5, 5.41) is 11.2. The minimum absolute atomic E-state index is 0.0634. The Labute approximate surface area is 162 Å². The molecule has 0 aromatic heterocycles. The maximum atomic E-state index is 12.0. The first-order valence-corrected chi connectivity index (χ1v) is 11.2. The second kappa shape index (κ2) is 10.8. The van der Waals surface area contributed by atoms with Gasteiger partial charge in [0.15, 0.2) is 0 Å². The summed E-state index contributed by atoms with van der Waals surface area (Å²) in [5.41, 5.74) is 0.964. The highest BCUT2D eigenvalue weighted by Crippen LogP contribution is 2.19. The molecule has 4 N–H and O–H groups in total.